The third-order valence-corrected chi connectivity index (χ3v) is 6.81. The van der Waals surface area contributed by atoms with Crippen LogP contribution in [-0.2, 0) is 4.74 Å². The van der Waals surface area contributed by atoms with Crippen molar-refractivity contribution >= 4 is 11.4 Å². The van der Waals surface area contributed by atoms with Gasteiger partial charge in [-0.3, -0.25) is 0 Å². The zero-order valence-corrected chi connectivity index (χ0v) is 19.4. The summed E-state index contributed by atoms with van der Waals surface area (Å²) in [5, 5.41) is 20.2. The van der Waals surface area contributed by atoms with Crippen LogP contribution in [0, 0.1) is 18.3 Å². The Kier molecular flexibility index (Phi) is 7.22. The summed E-state index contributed by atoms with van der Waals surface area (Å²) in [4.78, 5) is 4.53. The Morgan fingerprint density at radius 3 is 2.45 bits per heavy atom. The number of morpholine rings is 1. The third-order valence-electron chi connectivity index (χ3n) is 6.81. The number of anilines is 1. The molecule has 0 atom stereocenters. The van der Waals surface area contributed by atoms with Crippen molar-refractivity contribution in [2.24, 2.45) is 0 Å². The number of aliphatic hydroxyl groups is 1. The van der Waals surface area contributed by atoms with Gasteiger partial charge >= 0.3 is 0 Å². The van der Waals surface area contributed by atoms with Gasteiger partial charge in [-0.1, -0.05) is 6.58 Å². The summed E-state index contributed by atoms with van der Waals surface area (Å²) in [7, 11) is 0. The van der Waals surface area contributed by atoms with Crippen LogP contribution < -0.4 is 9.64 Å². The second kappa shape index (κ2) is 10.3. The summed E-state index contributed by atoms with van der Waals surface area (Å²) < 4.78 is 11.4. The predicted octanol–water partition coefficient (Wildman–Crippen LogP) is 3.97. The van der Waals surface area contributed by atoms with Gasteiger partial charge in [0.2, 0.25) is 0 Å². The maximum atomic E-state index is 11.0. The monoisotopic (exact) mass is 447 g/mol. The molecule has 2 saturated heterocycles. The highest BCUT2D eigenvalue weighted by Gasteiger charge is 2.32. The minimum atomic E-state index is -0.706. The SMILES string of the molecule is C=C(c1ccc(OCCC2(O)CCN(c3ccc(C#N)c(C)c3)CC2)cc1)N1CCOCC1. The summed E-state index contributed by atoms with van der Waals surface area (Å²) >= 11 is 0. The zero-order chi connectivity index (χ0) is 23.3. The van der Waals surface area contributed by atoms with Gasteiger partial charge in [0.05, 0.1) is 37.1 Å². The molecule has 0 bridgehead atoms. The normalized spacial score (nSPS) is 18.0. The lowest BCUT2D eigenvalue weighted by atomic mass is 9.88. The molecule has 174 valence electrons. The van der Waals surface area contributed by atoms with Gasteiger partial charge in [0, 0.05) is 44.0 Å². The first-order chi connectivity index (χ1) is 16.0. The van der Waals surface area contributed by atoms with Crippen LogP contribution in [0.1, 0.15) is 36.0 Å². The van der Waals surface area contributed by atoms with Gasteiger partial charge in [0.15, 0.2) is 0 Å². The Balaban J connectivity index is 1.24. The van der Waals surface area contributed by atoms with Crippen molar-refractivity contribution in [3.05, 3.63) is 65.7 Å². The van der Waals surface area contributed by atoms with Gasteiger partial charge in [0.1, 0.15) is 5.75 Å². The first-order valence-corrected chi connectivity index (χ1v) is 11.7. The molecular formula is C27H33N3O3. The van der Waals surface area contributed by atoms with Crippen LogP contribution in [0.15, 0.2) is 49.0 Å². The Bertz CT molecular complexity index is 998. The van der Waals surface area contributed by atoms with Crippen molar-refractivity contribution < 1.29 is 14.6 Å². The van der Waals surface area contributed by atoms with Crippen LogP contribution in [-0.4, -0.2) is 61.6 Å². The fraction of sp³-hybridized carbons (Fsp3) is 0.444. The number of nitriles is 1. The van der Waals surface area contributed by atoms with Crippen LogP contribution in [0.25, 0.3) is 5.70 Å². The second-order valence-corrected chi connectivity index (χ2v) is 8.99. The molecule has 0 radical (unpaired) electrons. The van der Waals surface area contributed by atoms with Crippen molar-refractivity contribution in [1.29, 1.82) is 5.26 Å². The molecule has 2 aliphatic rings. The molecule has 0 unspecified atom stereocenters. The number of piperidine rings is 1. The quantitative estimate of drug-likeness (QED) is 0.693. The average Bonchev–Trinajstić information content (AvgIpc) is 2.85. The first-order valence-electron chi connectivity index (χ1n) is 11.7. The molecule has 0 aliphatic carbocycles. The number of nitrogens with zero attached hydrogens (tertiary/aromatic N) is 3. The highest BCUT2D eigenvalue weighted by atomic mass is 16.5. The van der Waals surface area contributed by atoms with Crippen LogP contribution in [0.4, 0.5) is 5.69 Å². The van der Waals surface area contributed by atoms with E-state index in [1.54, 1.807) is 0 Å². The maximum Gasteiger partial charge on any atom is 0.119 e. The van der Waals surface area contributed by atoms with E-state index in [0.29, 0.717) is 31.4 Å². The minimum absolute atomic E-state index is 0.482. The van der Waals surface area contributed by atoms with Crippen LogP contribution >= 0.6 is 0 Å². The van der Waals surface area contributed by atoms with Crippen molar-refractivity contribution in [2.75, 3.05) is 50.9 Å². The molecule has 0 saturated carbocycles. The number of hydrogen-bond acceptors (Lipinski definition) is 6. The topological polar surface area (TPSA) is 69.0 Å². The minimum Gasteiger partial charge on any atom is -0.493 e. The fourth-order valence-corrected chi connectivity index (χ4v) is 4.52. The summed E-state index contributed by atoms with van der Waals surface area (Å²) in [6.45, 7) is 11.5. The second-order valence-electron chi connectivity index (χ2n) is 8.99. The first kappa shape index (κ1) is 23.2. The van der Waals surface area contributed by atoms with Gasteiger partial charge in [-0.15, -0.1) is 0 Å². The third kappa shape index (κ3) is 5.68. The molecule has 0 amide bonds. The summed E-state index contributed by atoms with van der Waals surface area (Å²) in [6.07, 6.45) is 2.01. The number of hydrogen-bond donors (Lipinski definition) is 1. The molecule has 2 heterocycles. The molecule has 1 N–H and O–H groups in total. The molecule has 0 aromatic heterocycles. The fourth-order valence-electron chi connectivity index (χ4n) is 4.52. The van der Waals surface area contributed by atoms with Crippen LogP contribution in [0.3, 0.4) is 0 Å². The smallest absolute Gasteiger partial charge is 0.119 e. The predicted molar refractivity (Wildman–Crippen MR) is 130 cm³/mol. The van der Waals surface area contributed by atoms with E-state index in [1.807, 2.05) is 43.3 Å². The van der Waals surface area contributed by atoms with E-state index in [2.05, 4.69) is 28.5 Å². The molecule has 2 aromatic carbocycles. The lowest BCUT2D eigenvalue weighted by Crippen LogP contribution is -2.45. The maximum absolute atomic E-state index is 11.0. The highest BCUT2D eigenvalue weighted by molar-refractivity contribution is 5.62. The molecule has 0 spiro atoms. The van der Waals surface area contributed by atoms with E-state index in [4.69, 9.17) is 14.7 Å². The molecule has 33 heavy (non-hydrogen) atoms. The van der Waals surface area contributed by atoms with E-state index in [-0.39, 0.29) is 0 Å². The van der Waals surface area contributed by atoms with Crippen molar-refractivity contribution in [3.8, 4) is 11.8 Å². The van der Waals surface area contributed by atoms with Crippen molar-refractivity contribution in [2.45, 2.75) is 31.8 Å². The lowest BCUT2D eigenvalue weighted by Gasteiger charge is -2.39. The van der Waals surface area contributed by atoms with Gasteiger partial charge < -0.3 is 24.4 Å². The summed E-state index contributed by atoms with van der Waals surface area (Å²) in [6, 6.07) is 16.2. The van der Waals surface area contributed by atoms with Crippen LogP contribution in [0.5, 0.6) is 5.75 Å². The molecular weight excluding hydrogens is 414 g/mol. The van der Waals surface area contributed by atoms with Gasteiger partial charge in [-0.05, 0) is 73.4 Å². The van der Waals surface area contributed by atoms with E-state index in [9.17, 15) is 5.11 Å². The Morgan fingerprint density at radius 2 is 1.82 bits per heavy atom. The van der Waals surface area contributed by atoms with Gasteiger partial charge in [-0.2, -0.15) is 5.26 Å². The van der Waals surface area contributed by atoms with E-state index < -0.39 is 5.60 Å². The molecule has 2 aromatic rings. The molecule has 6 heteroatoms. The Labute approximate surface area is 196 Å². The number of rotatable bonds is 7. The molecule has 6 nitrogen and oxygen atoms in total. The summed E-state index contributed by atoms with van der Waals surface area (Å²) in [5.74, 6) is 0.808. The summed E-state index contributed by atoms with van der Waals surface area (Å²) in [5.41, 5.74) is 4.22. The van der Waals surface area contributed by atoms with Gasteiger partial charge in [-0.25, -0.2) is 0 Å². The highest BCUT2D eigenvalue weighted by Crippen LogP contribution is 2.30. The Hall–Kier alpha value is -3.01. The average molecular weight is 448 g/mol. The van der Waals surface area contributed by atoms with Crippen LogP contribution in [0.2, 0.25) is 0 Å². The lowest BCUT2D eigenvalue weighted by molar-refractivity contribution is -0.00267. The van der Waals surface area contributed by atoms with E-state index >= 15 is 0 Å². The van der Waals surface area contributed by atoms with Gasteiger partial charge in [0.25, 0.3) is 0 Å². The van der Waals surface area contributed by atoms with E-state index in [1.165, 1.54) is 0 Å². The number of benzene rings is 2. The number of ether oxygens (including phenoxy) is 2. The molecule has 4 rings (SSSR count). The Morgan fingerprint density at radius 1 is 1.12 bits per heavy atom. The zero-order valence-electron chi connectivity index (χ0n) is 19.4. The van der Waals surface area contributed by atoms with Crippen molar-refractivity contribution in [1.82, 2.24) is 4.90 Å². The molecule has 2 fully saturated rings. The van der Waals surface area contributed by atoms with E-state index in [0.717, 1.165) is 67.7 Å². The standard InChI is InChI=1S/C27H33N3O3/c1-21-19-25(6-3-24(21)20-28)30-12-9-27(31,10-13-30)11-16-33-26-7-4-23(5-8-26)22(2)29-14-17-32-18-15-29/h3-8,19,31H,2,9-18H2,1H3. The largest absolute Gasteiger partial charge is 0.493 e. The molecule has 2 aliphatic heterocycles. The number of aryl methyl sites for hydroxylation is 1. The van der Waals surface area contributed by atoms with Crippen molar-refractivity contribution in [3.63, 3.8) is 0 Å².